The average Bonchev–Trinajstić information content (AvgIpc) is 2.51. The van der Waals surface area contributed by atoms with Crippen LogP contribution in [0.15, 0.2) is 12.1 Å². The van der Waals surface area contributed by atoms with E-state index in [0.717, 1.165) is 9.21 Å². The first-order chi connectivity index (χ1) is 6.59. The number of thiophene rings is 1. The molecular formula is C9H12ClNO2S. The molecule has 14 heavy (non-hydrogen) atoms. The molecule has 1 aromatic heterocycles. The number of aliphatic carboxylic acids is 1. The molecule has 0 bridgehead atoms. The summed E-state index contributed by atoms with van der Waals surface area (Å²) >= 11 is 7.30. The highest BCUT2D eigenvalue weighted by Gasteiger charge is 2.07. The largest absolute Gasteiger partial charge is 0.481 e. The third kappa shape index (κ3) is 3.65. The van der Waals surface area contributed by atoms with Crippen molar-refractivity contribution in [3.05, 3.63) is 21.3 Å². The zero-order valence-corrected chi connectivity index (χ0v) is 9.36. The molecule has 0 aromatic carbocycles. The molecule has 1 unspecified atom stereocenters. The van der Waals surface area contributed by atoms with Crippen LogP contribution < -0.4 is 5.32 Å². The average molecular weight is 234 g/mol. The Bertz CT molecular complexity index is 314. The van der Waals surface area contributed by atoms with E-state index in [9.17, 15) is 4.79 Å². The number of hydrogen-bond acceptors (Lipinski definition) is 3. The van der Waals surface area contributed by atoms with Gasteiger partial charge in [-0.05, 0) is 19.1 Å². The van der Waals surface area contributed by atoms with Gasteiger partial charge in [0.1, 0.15) is 0 Å². The number of hydrogen-bond donors (Lipinski definition) is 2. The lowest BCUT2D eigenvalue weighted by atomic mass is 10.2. The molecule has 0 radical (unpaired) electrons. The van der Waals surface area contributed by atoms with Crippen molar-refractivity contribution in [2.24, 2.45) is 0 Å². The third-order valence-electron chi connectivity index (χ3n) is 1.81. The van der Waals surface area contributed by atoms with E-state index >= 15 is 0 Å². The van der Waals surface area contributed by atoms with E-state index < -0.39 is 5.97 Å². The lowest BCUT2D eigenvalue weighted by molar-refractivity contribution is -0.136. The summed E-state index contributed by atoms with van der Waals surface area (Å²) in [5.74, 6) is -0.783. The molecule has 1 aromatic rings. The van der Waals surface area contributed by atoms with E-state index in [1.807, 2.05) is 19.1 Å². The van der Waals surface area contributed by atoms with E-state index in [4.69, 9.17) is 16.7 Å². The molecule has 1 rings (SSSR count). The van der Waals surface area contributed by atoms with Crippen LogP contribution in [-0.4, -0.2) is 17.6 Å². The van der Waals surface area contributed by atoms with Gasteiger partial charge in [-0.1, -0.05) is 11.6 Å². The van der Waals surface area contributed by atoms with Gasteiger partial charge >= 0.3 is 5.97 Å². The summed E-state index contributed by atoms with van der Waals surface area (Å²) < 4.78 is 0.756. The normalized spacial score (nSPS) is 12.7. The van der Waals surface area contributed by atoms with Crippen molar-refractivity contribution in [1.29, 1.82) is 0 Å². The minimum atomic E-state index is -0.783. The first-order valence-corrected chi connectivity index (χ1v) is 5.49. The summed E-state index contributed by atoms with van der Waals surface area (Å²) in [4.78, 5) is 11.4. The Morgan fingerprint density at radius 3 is 2.93 bits per heavy atom. The number of carboxylic acids is 1. The van der Waals surface area contributed by atoms with Gasteiger partial charge in [0.05, 0.1) is 10.8 Å². The van der Waals surface area contributed by atoms with Crippen LogP contribution in [-0.2, 0) is 4.79 Å². The Labute approximate surface area is 91.7 Å². The third-order valence-corrected chi connectivity index (χ3v) is 3.22. The highest BCUT2D eigenvalue weighted by Crippen LogP contribution is 2.26. The van der Waals surface area contributed by atoms with Gasteiger partial charge in [0.2, 0.25) is 0 Å². The number of nitrogens with one attached hydrogen (secondary N) is 1. The first-order valence-electron chi connectivity index (χ1n) is 4.30. The number of carbonyl (C=O) groups is 1. The van der Waals surface area contributed by atoms with Gasteiger partial charge in [-0.25, -0.2) is 0 Å². The predicted octanol–water partition coefficient (Wildman–Crippen LogP) is 2.53. The minimum absolute atomic E-state index is 0.142. The summed E-state index contributed by atoms with van der Waals surface area (Å²) in [7, 11) is 0. The number of halogens is 1. The van der Waals surface area contributed by atoms with Crippen LogP contribution in [0.25, 0.3) is 0 Å². The van der Waals surface area contributed by atoms with Crippen molar-refractivity contribution in [1.82, 2.24) is 5.32 Å². The monoisotopic (exact) mass is 233 g/mol. The summed E-state index contributed by atoms with van der Waals surface area (Å²) in [6, 6.07) is 3.95. The van der Waals surface area contributed by atoms with Gasteiger partial charge in [-0.15, -0.1) is 11.3 Å². The lowest BCUT2D eigenvalue weighted by Crippen LogP contribution is -2.21. The van der Waals surface area contributed by atoms with E-state index in [0.29, 0.717) is 6.54 Å². The predicted molar refractivity (Wildman–Crippen MR) is 58.0 cm³/mol. The zero-order valence-electron chi connectivity index (χ0n) is 7.79. The van der Waals surface area contributed by atoms with E-state index in [2.05, 4.69) is 5.32 Å². The molecule has 0 saturated carbocycles. The van der Waals surface area contributed by atoms with Gasteiger partial charge in [0.25, 0.3) is 0 Å². The molecule has 0 aliphatic heterocycles. The van der Waals surface area contributed by atoms with Crippen molar-refractivity contribution < 1.29 is 9.90 Å². The maximum absolute atomic E-state index is 10.3. The molecular weight excluding hydrogens is 222 g/mol. The Kier molecular flexibility index (Phi) is 4.38. The molecule has 0 aliphatic carbocycles. The standard InChI is InChI=1S/C9H12ClNO2S/c1-6(11-5-4-9(12)13)7-2-3-8(10)14-7/h2-3,6,11H,4-5H2,1H3,(H,12,13). The smallest absolute Gasteiger partial charge is 0.304 e. The second kappa shape index (κ2) is 5.34. The topological polar surface area (TPSA) is 49.3 Å². The molecule has 0 spiro atoms. The maximum atomic E-state index is 10.3. The molecule has 2 N–H and O–H groups in total. The molecule has 5 heteroatoms. The zero-order chi connectivity index (χ0) is 10.6. The van der Waals surface area contributed by atoms with Crippen molar-refractivity contribution >= 4 is 28.9 Å². The van der Waals surface area contributed by atoms with Crippen molar-refractivity contribution in [2.45, 2.75) is 19.4 Å². The van der Waals surface area contributed by atoms with Gasteiger partial charge < -0.3 is 10.4 Å². The van der Waals surface area contributed by atoms with Gasteiger partial charge in [0.15, 0.2) is 0 Å². The van der Waals surface area contributed by atoms with Crippen LogP contribution in [0.2, 0.25) is 4.34 Å². The Morgan fingerprint density at radius 2 is 2.43 bits per heavy atom. The first kappa shape index (κ1) is 11.5. The fourth-order valence-electron chi connectivity index (χ4n) is 1.06. The summed E-state index contributed by atoms with van der Waals surface area (Å²) in [5.41, 5.74) is 0. The van der Waals surface area contributed by atoms with Crippen molar-refractivity contribution in [3.63, 3.8) is 0 Å². The molecule has 78 valence electrons. The Balaban J connectivity index is 2.35. The SMILES string of the molecule is CC(NCCC(=O)O)c1ccc(Cl)s1. The van der Waals surface area contributed by atoms with Gasteiger partial charge in [-0.2, -0.15) is 0 Å². The van der Waals surface area contributed by atoms with Crippen LogP contribution in [0.5, 0.6) is 0 Å². The molecule has 0 saturated heterocycles. The molecule has 1 atom stereocenters. The fourth-order valence-corrected chi connectivity index (χ4v) is 2.14. The number of rotatable bonds is 5. The molecule has 0 amide bonds. The highest BCUT2D eigenvalue weighted by atomic mass is 35.5. The quantitative estimate of drug-likeness (QED) is 0.822. The highest BCUT2D eigenvalue weighted by molar-refractivity contribution is 7.16. The van der Waals surface area contributed by atoms with Gasteiger partial charge in [-0.3, -0.25) is 4.79 Å². The molecule has 3 nitrogen and oxygen atoms in total. The van der Waals surface area contributed by atoms with E-state index in [1.165, 1.54) is 11.3 Å². The van der Waals surface area contributed by atoms with Crippen LogP contribution in [0.4, 0.5) is 0 Å². The molecule has 1 heterocycles. The summed E-state index contributed by atoms with van der Waals surface area (Å²) in [6.45, 7) is 2.47. The summed E-state index contributed by atoms with van der Waals surface area (Å²) in [5, 5.41) is 11.6. The van der Waals surface area contributed by atoms with E-state index in [1.54, 1.807) is 0 Å². The second-order valence-electron chi connectivity index (χ2n) is 2.96. The Hall–Kier alpha value is -0.580. The van der Waals surface area contributed by atoms with E-state index in [-0.39, 0.29) is 12.5 Å². The lowest BCUT2D eigenvalue weighted by Gasteiger charge is -2.10. The Morgan fingerprint density at radius 1 is 1.71 bits per heavy atom. The second-order valence-corrected chi connectivity index (χ2v) is 4.71. The van der Waals surface area contributed by atoms with Crippen molar-refractivity contribution in [2.75, 3.05) is 6.54 Å². The fraction of sp³-hybridized carbons (Fsp3) is 0.444. The van der Waals surface area contributed by atoms with Crippen LogP contribution >= 0.6 is 22.9 Å². The number of carboxylic acid groups (broad SMARTS) is 1. The van der Waals surface area contributed by atoms with Crippen LogP contribution in [0.1, 0.15) is 24.3 Å². The van der Waals surface area contributed by atoms with Gasteiger partial charge in [0, 0.05) is 17.5 Å². The molecule has 0 aliphatic rings. The molecule has 0 fully saturated rings. The summed E-state index contributed by atoms with van der Waals surface area (Å²) in [6.07, 6.45) is 0.142. The maximum Gasteiger partial charge on any atom is 0.304 e. The van der Waals surface area contributed by atoms with Crippen LogP contribution in [0.3, 0.4) is 0 Å². The van der Waals surface area contributed by atoms with Crippen molar-refractivity contribution in [3.8, 4) is 0 Å². The minimum Gasteiger partial charge on any atom is -0.481 e. The van der Waals surface area contributed by atoms with Crippen LogP contribution in [0, 0.1) is 0 Å².